The third-order valence-corrected chi connectivity index (χ3v) is 3.80. The van der Waals surface area contributed by atoms with Crippen LogP contribution in [-0.4, -0.2) is 29.1 Å². The van der Waals surface area contributed by atoms with Crippen molar-refractivity contribution < 1.29 is 9.53 Å². The first-order chi connectivity index (χ1) is 9.04. The number of nitrogens with two attached hydrogens (primary N) is 1. The summed E-state index contributed by atoms with van der Waals surface area (Å²) in [6.45, 7) is 2.87. The van der Waals surface area contributed by atoms with E-state index in [4.69, 9.17) is 22.7 Å². The van der Waals surface area contributed by atoms with Gasteiger partial charge in [-0.1, -0.05) is 12.2 Å². The van der Waals surface area contributed by atoms with E-state index in [2.05, 4.69) is 10.3 Å². The lowest BCUT2D eigenvalue weighted by molar-refractivity contribution is -0.126. The molecule has 0 spiro atoms. The van der Waals surface area contributed by atoms with Crippen LogP contribution in [0.25, 0.3) is 0 Å². The lowest BCUT2D eigenvalue weighted by atomic mass is 9.79. The molecule has 0 atom stereocenters. The molecule has 0 saturated carbocycles. The highest BCUT2D eigenvalue weighted by molar-refractivity contribution is 7.80. The van der Waals surface area contributed by atoms with Crippen LogP contribution in [0.15, 0.2) is 18.3 Å². The normalized spacial score (nSPS) is 17.7. The van der Waals surface area contributed by atoms with E-state index in [1.807, 2.05) is 13.0 Å². The van der Waals surface area contributed by atoms with Gasteiger partial charge in [0, 0.05) is 30.8 Å². The zero-order chi connectivity index (χ0) is 13.9. The molecule has 5 nitrogen and oxygen atoms in total. The molecule has 0 unspecified atom stereocenters. The standard InChI is InChI=1S/C13H17N3O2S/c1-9-8-10(2-5-15-9)16-12(17)13(11(14)19)3-6-18-7-4-13/h2,5,8H,3-4,6-7H2,1H3,(H2,14,19)(H,15,16,17). The lowest BCUT2D eigenvalue weighted by Crippen LogP contribution is -2.49. The van der Waals surface area contributed by atoms with Crippen molar-refractivity contribution in [3.8, 4) is 0 Å². The minimum Gasteiger partial charge on any atom is -0.392 e. The summed E-state index contributed by atoms with van der Waals surface area (Å²) in [6, 6.07) is 3.56. The third kappa shape index (κ3) is 2.90. The van der Waals surface area contributed by atoms with E-state index in [1.165, 1.54) is 0 Å². The first-order valence-corrected chi connectivity index (χ1v) is 6.57. The van der Waals surface area contributed by atoms with E-state index in [9.17, 15) is 4.79 Å². The molecule has 3 N–H and O–H groups in total. The molecule has 1 aromatic heterocycles. The number of ether oxygens (including phenoxy) is 1. The van der Waals surface area contributed by atoms with Gasteiger partial charge in [0.2, 0.25) is 5.91 Å². The minimum absolute atomic E-state index is 0.158. The SMILES string of the molecule is Cc1cc(NC(=O)C2(C(N)=S)CCOCC2)ccn1. The monoisotopic (exact) mass is 279 g/mol. The molecular formula is C13H17N3O2S. The van der Waals surface area contributed by atoms with Gasteiger partial charge in [-0.15, -0.1) is 0 Å². The van der Waals surface area contributed by atoms with Crippen LogP contribution in [0.1, 0.15) is 18.5 Å². The van der Waals surface area contributed by atoms with Crippen molar-refractivity contribution in [3.63, 3.8) is 0 Å². The number of nitrogens with one attached hydrogen (secondary N) is 1. The highest BCUT2D eigenvalue weighted by atomic mass is 32.1. The van der Waals surface area contributed by atoms with Gasteiger partial charge in [-0.25, -0.2) is 0 Å². The number of hydrogen-bond donors (Lipinski definition) is 2. The quantitative estimate of drug-likeness (QED) is 0.818. The molecule has 2 rings (SSSR count). The Kier molecular flexibility index (Phi) is 4.11. The van der Waals surface area contributed by atoms with Crippen molar-refractivity contribution >= 4 is 28.8 Å². The van der Waals surface area contributed by atoms with Crippen LogP contribution < -0.4 is 11.1 Å². The van der Waals surface area contributed by atoms with Crippen LogP contribution in [0.4, 0.5) is 5.69 Å². The molecule has 1 aromatic rings. The Balaban J connectivity index is 2.19. The molecule has 102 valence electrons. The van der Waals surface area contributed by atoms with Gasteiger partial charge >= 0.3 is 0 Å². The molecule has 1 aliphatic heterocycles. The summed E-state index contributed by atoms with van der Waals surface area (Å²) in [5.74, 6) is -0.158. The van der Waals surface area contributed by atoms with Crippen LogP contribution in [0.3, 0.4) is 0 Å². The average molecular weight is 279 g/mol. The lowest BCUT2D eigenvalue weighted by Gasteiger charge is -2.34. The van der Waals surface area contributed by atoms with Crippen LogP contribution >= 0.6 is 12.2 Å². The third-order valence-electron chi connectivity index (χ3n) is 3.41. The molecule has 0 bridgehead atoms. The number of thiocarbonyl (C=S) groups is 1. The number of hydrogen-bond acceptors (Lipinski definition) is 4. The van der Waals surface area contributed by atoms with Crippen molar-refractivity contribution in [3.05, 3.63) is 24.0 Å². The zero-order valence-corrected chi connectivity index (χ0v) is 11.6. The fourth-order valence-corrected chi connectivity index (χ4v) is 2.48. The number of amides is 1. The zero-order valence-electron chi connectivity index (χ0n) is 10.8. The molecule has 1 fully saturated rings. The summed E-state index contributed by atoms with van der Waals surface area (Å²) in [5, 5.41) is 2.87. The highest BCUT2D eigenvalue weighted by Gasteiger charge is 2.43. The van der Waals surface area contributed by atoms with E-state index < -0.39 is 5.41 Å². The van der Waals surface area contributed by atoms with Gasteiger partial charge in [0.1, 0.15) is 5.41 Å². The fraction of sp³-hybridized carbons (Fsp3) is 0.462. The Morgan fingerprint density at radius 3 is 2.79 bits per heavy atom. The van der Waals surface area contributed by atoms with Gasteiger partial charge in [0.15, 0.2) is 0 Å². The number of pyridine rings is 1. The second-order valence-electron chi connectivity index (χ2n) is 4.70. The summed E-state index contributed by atoms with van der Waals surface area (Å²) in [6.07, 6.45) is 2.71. The van der Waals surface area contributed by atoms with Gasteiger partial charge in [-0.3, -0.25) is 9.78 Å². The van der Waals surface area contributed by atoms with E-state index in [-0.39, 0.29) is 10.9 Å². The molecule has 0 radical (unpaired) electrons. The van der Waals surface area contributed by atoms with Crippen LogP contribution in [-0.2, 0) is 9.53 Å². The van der Waals surface area contributed by atoms with Crippen molar-refractivity contribution in [2.45, 2.75) is 19.8 Å². The predicted octanol–water partition coefficient (Wildman–Crippen LogP) is 1.41. The Hall–Kier alpha value is -1.53. The van der Waals surface area contributed by atoms with Gasteiger partial charge < -0.3 is 15.8 Å². The molecule has 1 aliphatic rings. The Morgan fingerprint density at radius 2 is 2.21 bits per heavy atom. The molecular weight excluding hydrogens is 262 g/mol. The summed E-state index contributed by atoms with van der Waals surface area (Å²) in [7, 11) is 0. The van der Waals surface area contributed by atoms with Gasteiger partial charge in [0.25, 0.3) is 0 Å². The Morgan fingerprint density at radius 1 is 1.53 bits per heavy atom. The second kappa shape index (κ2) is 5.63. The molecule has 1 amide bonds. The average Bonchev–Trinajstić information content (AvgIpc) is 2.39. The summed E-state index contributed by atoms with van der Waals surface area (Å²) >= 11 is 5.09. The molecule has 19 heavy (non-hydrogen) atoms. The highest BCUT2D eigenvalue weighted by Crippen LogP contribution is 2.32. The van der Waals surface area contributed by atoms with Crippen LogP contribution in [0.2, 0.25) is 0 Å². The number of anilines is 1. The maximum atomic E-state index is 12.5. The summed E-state index contributed by atoms with van der Waals surface area (Å²) in [5.41, 5.74) is 6.54. The molecule has 0 aliphatic carbocycles. The van der Waals surface area contributed by atoms with E-state index in [0.29, 0.717) is 31.7 Å². The number of aromatic nitrogens is 1. The second-order valence-corrected chi connectivity index (χ2v) is 5.14. The van der Waals surface area contributed by atoms with Crippen molar-refractivity contribution in [2.75, 3.05) is 18.5 Å². The van der Waals surface area contributed by atoms with Crippen molar-refractivity contribution in [1.29, 1.82) is 0 Å². The first-order valence-electron chi connectivity index (χ1n) is 6.16. The summed E-state index contributed by atoms with van der Waals surface area (Å²) < 4.78 is 5.29. The molecule has 0 aromatic carbocycles. The summed E-state index contributed by atoms with van der Waals surface area (Å²) in [4.78, 5) is 16.8. The van der Waals surface area contributed by atoms with Crippen LogP contribution in [0.5, 0.6) is 0 Å². The number of aryl methyl sites for hydroxylation is 1. The predicted molar refractivity (Wildman–Crippen MR) is 76.9 cm³/mol. The maximum absolute atomic E-state index is 12.5. The number of rotatable bonds is 3. The topological polar surface area (TPSA) is 77.2 Å². The smallest absolute Gasteiger partial charge is 0.237 e. The molecule has 2 heterocycles. The van der Waals surface area contributed by atoms with E-state index >= 15 is 0 Å². The number of carbonyl (C=O) groups is 1. The maximum Gasteiger partial charge on any atom is 0.237 e. The fourth-order valence-electron chi connectivity index (χ4n) is 2.18. The van der Waals surface area contributed by atoms with E-state index in [1.54, 1.807) is 12.3 Å². The minimum atomic E-state index is -0.801. The van der Waals surface area contributed by atoms with Gasteiger partial charge in [0.05, 0.1) is 4.99 Å². The van der Waals surface area contributed by atoms with Crippen LogP contribution in [0, 0.1) is 12.3 Å². The van der Waals surface area contributed by atoms with Crippen molar-refractivity contribution in [1.82, 2.24) is 4.98 Å². The number of carbonyl (C=O) groups excluding carboxylic acids is 1. The van der Waals surface area contributed by atoms with Crippen molar-refractivity contribution in [2.24, 2.45) is 11.1 Å². The molecule has 6 heteroatoms. The van der Waals surface area contributed by atoms with Gasteiger partial charge in [-0.05, 0) is 31.9 Å². The first kappa shape index (κ1) is 13.9. The molecule has 1 saturated heterocycles. The number of nitrogens with zero attached hydrogens (tertiary/aromatic N) is 1. The van der Waals surface area contributed by atoms with Gasteiger partial charge in [-0.2, -0.15) is 0 Å². The largest absolute Gasteiger partial charge is 0.392 e. The Labute approximate surface area is 117 Å². The Bertz CT molecular complexity index is 498. The van der Waals surface area contributed by atoms with E-state index in [0.717, 1.165) is 5.69 Å².